The highest BCUT2D eigenvalue weighted by Crippen LogP contribution is 2.54. The Kier molecular flexibility index (Phi) is 1.33. The van der Waals surface area contributed by atoms with Gasteiger partial charge in [-0.15, -0.1) is 0 Å². The van der Waals surface area contributed by atoms with Crippen molar-refractivity contribution >= 4 is 5.78 Å². The van der Waals surface area contributed by atoms with Crippen LogP contribution in [0.2, 0.25) is 0 Å². The predicted molar refractivity (Wildman–Crippen MR) is 110 cm³/mol. The van der Waals surface area contributed by atoms with Crippen molar-refractivity contribution in [2.24, 2.45) is 5.89 Å². The van der Waals surface area contributed by atoms with Gasteiger partial charge in [0.2, 0.25) is 0 Å². The van der Waals surface area contributed by atoms with Crippen molar-refractivity contribution < 1.29 is 54.4 Å². The van der Waals surface area contributed by atoms with Crippen LogP contribution in [0, 0.1) is 5.89 Å². The number of hydrogen-bond donors (Lipinski definition) is 1. The van der Waals surface area contributed by atoms with E-state index in [0.717, 1.165) is 0 Å². The Morgan fingerprint density at radius 3 is 3.00 bits per heavy atom. The summed E-state index contributed by atoms with van der Waals surface area (Å²) in [5.74, 6) is -11.9. The molecule has 0 aromatic heterocycles. The van der Waals surface area contributed by atoms with Gasteiger partial charge in [0.25, 0.3) is 0 Å². The molecule has 1 fully saturated rings. The van der Waals surface area contributed by atoms with Crippen molar-refractivity contribution in [3.8, 4) is 11.5 Å². The monoisotopic (exact) mass is 401 g/mol. The zero-order valence-electron chi connectivity index (χ0n) is 42.8. The number of ketones is 1. The maximum Gasteiger partial charge on any atom is 0.133 e. The van der Waals surface area contributed by atoms with E-state index in [1.165, 1.54) is 0 Å². The number of carbonyl (C=O) groups excluding carboxylic acids is 1. The average molecular weight is 402 g/mol. The number of rotatable bonds is 6. The lowest BCUT2D eigenvalue weighted by Gasteiger charge is -2.47. The third kappa shape index (κ3) is 4.02. The summed E-state index contributed by atoms with van der Waals surface area (Å²) in [6.07, 6.45) is -30.2. The molecule has 0 radical (unpaired) electrons. The van der Waals surface area contributed by atoms with E-state index in [9.17, 15) is 12.6 Å². The minimum atomic E-state index is -4.98. The lowest BCUT2D eigenvalue weighted by molar-refractivity contribution is -0.124. The van der Waals surface area contributed by atoms with E-state index < -0.39 is 137 Å². The maximum atomic E-state index is 12.9. The quantitative estimate of drug-likeness (QED) is 0.611. The van der Waals surface area contributed by atoms with E-state index in [2.05, 4.69) is 0 Å². The van der Waals surface area contributed by atoms with Gasteiger partial charge < -0.3 is 9.84 Å². The second kappa shape index (κ2) is 7.48. The number of aromatic hydroxyl groups is 1. The predicted octanol–water partition coefficient (Wildman–Crippen LogP) is 6.26. The number of phenolic OH excluding ortho intramolecular Hbond substituents is 1. The lowest BCUT2D eigenvalue weighted by atomic mass is 9.66. The van der Waals surface area contributed by atoms with Gasteiger partial charge in [-0.3, -0.25) is 4.79 Å². The maximum absolute atomic E-state index is 12.9. The molecule has 1 heterocycles. The van der Waals surface area contributed by atoms with Gasteiger partial charge in [0.15, 0.2) is 0 Å². The van der Waals surface area contributed by atoms with Gasteiger partial charge in [-0.25, -0.2) is 0 Å². The first-order valence-corrected chi connectivity index (χ1v) is 7.65. The molecule has 0 unspecified atom stereocenters. The minimum Gasteiger partial charge on any atom is -0.508 e. The van der Waals surface area contributed by atoms with E-state index in [0.29, 0.717) is 0 Å². The number of carbonyl (C=O) groups is 1. The molecule has 2 atom stereocenters. The number of ether oxygens (including phenoxy) is 1. The molecular formula is C24H36O3. The summed E-state index contributed by atoms with van der Waals surface area (Å²) >= 11 is 0. The summed E-state index contributed by atoms with van der Waals surface area (Å²) in [4.78, 5) is 12.9. The molecule has 1 aliphatic carbocycles. The summed E-state index contributed by atoms with van der Waals surface area (Å²) in [6.45, 7) is -21.7. The minimum absolute atomic E-state index is 0.00377. The molecule has 3 nitrogen and oxygen atoms in total. The first-order valence-electron chi connectivity index (χ1n) is 22.2. The Labute approximate surface area is 205 Å². The Morgan fingerprint density at radius 2 is 2.26 bits per heavy atom. The molecule has 27 heavy (non-hydrogen) atoms. The molecule has 0 spiro atoms. The Morgan fingerprint density at radius 1 is 1.41 bits per heavy atom. The van der Waals surface area contributed by atoms with Crippen molar-refractivity contribution in [3.63, 3.8) is 0 Å². The summed E-state index contributed by atoms with van der Waals surface area (Å²) in [5, 5.41) is 11.5. The largest absolute Gasteiger partial charge is 0.508 e. The third-order valence-electron chi connectivity index (χ3n) is 4.01. The zero-order valence-corrected chi connectivity index (χ0v) is 13.8. The number of benzene rings is 1. The molecule has 3 rings (SSSR count). The number of hydrogen-bond acceptors (Lipinski definition) is 3. The summed E-state index contributed by atoms with van der Waals surface area (Å²) in [7, 11) is 0. The number of fused-ring (bicyclic) bond motifs is 3. The van der Waals surface area contributed by atoms with Crippen LogP contribution in [0.5, 0.6) is 11.5 Å². The van der Waals surface area contributed by atoms with Crippen molar-refractivity contribution in [2.45, 2.75) is 102 Å². The summed E-state index contributed by atoms with van der Waals surface area (Å²) in [5.41, 5.74) is -12.0. The highest BCUT2D eigenvalue weighted by Gasteiger charge is 2.47. The molecule has 0 amide bonds. The van der Waals surface area contributed by atoms with Crippen LogP contribution in [0.4, 0.5) is 0 Å². The van der Waals surface area contributed by atoms with Gasteiger partial charge in [0.1, 0.15) is 22.9 Å². The van der Waals surface area contributed by atoms with Crippen molar-refractivity contribution in [1.82, 2.24) is 0 Å². The average Bonchev–Trinajstić information content (AvgIpc) is 2.89. The second-order valence-corrected chi connectivity index (χ2v) is 5.95. The molecule has 2 aliphatic rings. The Bertz CT molecular complexity index is 1710. The highest BCUT2D eigenvalue weighted by molar-refractivity contribution is 5.81. The molecule has 0 bridgehead atoms. The Hall–Kier alpha value is -1.51. The molecule has 1 aliphatic heterocycles. The van der Waals surface area contributed by atoms with Gasteiger partial charge in [0, 0.05) is 69.9 Å². The van der Waals surface area contributed by atoms with Crippen LogP contribution in [-0.4, -0.2) is 16.5 Å². The fourth-order valence-electron chi connectivity index (χ4n) is 2.87. The molecule has 3 heteroatoms. The zero-order chi connectivity index (χ0) is 44.9. The van der Waals surface area contributed by atoms with Crippen molar-refractivity contribution in [1.29, 1.82) is 0 Å². The van der Waals surface area contributed by atoms with Gasteiger partial charge in [0.05, 0.1) is 0 Å². The first kappa shape index (κ1) is 4.79. The number of Topliss-reactive ketones (excluding diaryl/α,β-unsaturated/α-hetero) is 1. The Balaban J connectivity index is 2.71. The normalized spacial score (nSPS) is 52.3. The van der Waals surface area contributed by atoms with Crippen molar-refractivity contribution in [2.75, 3.05) is 0 Å². The topological polar surface area (TPSA) is 46.5 Å². The van der Waals surface area contributed by atoms with Crippen LogP contribution < -0.4 is 4.74 Å². The van der Waals surface area contributed by atoms with E-state index in [1.807, 2.05) is 0 Å². The van der Waals surface area contributed by atoms with Crippen LogP contribution in [0.15, 0.2) is 12.1 Å². The first-order chi connectivity index (χ1) is 24.1. The highest BCUT2D eigenvalue weighted by atomic mass is 16.5. The fraction of sp³-hybridized carbons (Fsp3) is 0.708. The smallest absolute Gasteiger partial charge is 0.133 e. The molecule has 1 saturated carbocycles. The molecular weight excluding hydrogens is 336 g/mol. The standard InChI is InChI=1S/C24H36O3/c1-6-7-8-9-12-23(2,3)16-13-20(26)22-18-15-17(25)10-11-19(18)24(4,5)27-21(22)14-16/h13-14,18-19,26H,6-12,15H2,1-5H3/t18-,19-/m1/s1/i1D3,2D3,3D3,4D3,5D3,6D2,7D2,8D2,9D2,11D2,12D2,18D,19D. The molecule has 0 saturated heterocycles. The van der Waals surface area contributed by atoms with E-state index in [-0.39, 0.29) is 12.1 Å². The molecule has 1 aromatic rings. The van der Waals surface area contributed by atoms with Crippen molar-refractivity contribution in [3.05, 3.63) is 23.3 Å². The molecule has 1 N–H and O–H groups in total. The second-order valence-electron chi connectivity index (χ2n) is 5.95. The molecule has 1 aromatic carbocycles. The number of phenols is 1. The molecule has 150 valence electrons. The summed E-state index contributed by atoms with van der Waals surface area (Å²) in [6, 6.07) is 0.0220. The fourth-order valence-corrected chi connectivity index (χ4v) is 2.87. The van der Waals surface area contributed by atoms with Gasteiger partial charge in [-0.05, 0) is 49.6 Å². The van der Waals surface area contributed by atoms with Gasteiger partial charge >= 0.3 is 0 Å². The third-order valence-corrected chi connectivity index (χ3v) is 4.01. The van der Waals surface area contributed by atoms with Crippen LogP contribution in [0.25, 0.3) is 0 Å². The summed E-state index contributed by atoms with van der Waals surface area (Å²) < 4.78 is 247. The van der Waals surface area contributed by atoms with E-state index in [1.54, 1.807) is 0 Å². The van der Waals surface area contributed by atoms with Crippen LogP contribution >= 0.6 is 0 Å². The van der Waals surface area contributed by atoms with Crippen LogP contribution in [0.3, 0.4) is 0 Å². The van der Waals surface area contributed by atoms with Crippen LogP contribution in [-0.2, 0) is 10.2 Å². The SMILES string of the molecule is [2H]C([2H])([2H])C([2H])([2H])C([2H])([2H])C([2H])([2H])C([2H])([2H])C([2H])([2H])C(c1cc(O)c2c(c1)OC(C([2H])([2H])[2H])(C([2H])([2H])[2H])[C@]1([2H])C([2H])([2H])CC(=O)C[C@@]21[2H])(C([2H])([2H])[2H])C([2H])([2H])[2H]. The van der Waals surface area contributed by atoms with Gasteiger partial charge in [-0.1, -0.05) is 46.0 Å². The lowest BCUT2D eigenvalue weighted by Crippen LogP contribution is -2.47. The van der Waals surface area contributed by atoms with E-state index >= 15 is 0 Å². The van der Waals surface area contributed by atoms with E-state index in [4.69, 9.17) is 41.7 Å². The van der Waals surface area contributed by atoms with Gasteiger partial charge in [-0.2, -0.15) is 0 Å². The van der Waals surface area contributed by atoms with Crippen LogP contribution in [0.1, 0.15) is 142 Å².